The van der Waals surface area contributed by atoms with Gasteiger partial charge in [-0.3, -0.25) is 23.7 Å². The lowest BCUT2D eigenvalue weighted by atomic mass is 9.44. The lowest BCUT2D eigenvalue weighted by Crippen LogP contribution is -2.59. The van der Waals surface area contributed by atoms with Crippen LogP contribution in [0.2, 0.25) is 0 Å². The Kier molecular flexibility index (Phi) is 8.10. The summed E-state index contributed by atoms with van der Waals surface area (Å²) in [5.41, 5.74) is -0.967. The maximum Gasteiger partial charge on any atom is 0.431 e. The van der Waals surface area contributed by atoms with Gasteiger partial charge in [0.2, 0.25) is 0 Å². The highest BCUT2D eigenvalue weighted by atomic mass is 32.2. The monoisotopic (exact) mass is 596 g/mol. The van der Waals surface area contributed by atoms with Crippen LogP contribution in [-0.2, 0) is 34.0 Å². The molecule has 0 aromatic carbocycles. The van der Waals surface area contributed by atoms with E-state index in [2.05, 4.69) is 11.7 Å². The number of ether oxygens (including phenoxy) is 1. The van der Waals surface area contributed by atoms with Crippen molar-refractivity contribution in [2.75, 3.05) is 6.61 Å². The van der Waals surface area contributed by atoms with Crippen LogP contribution >= 0.6 is 0 Å². The van der Waals surface area contributed by atoms with Crippen molar-refractivity contribution in [1.29, 1.82) is 0 Å². The summed E-state index contributed by atoms with van der Waals surface area (Å²) in [6.07, 6.45) is 2.26. The van der Waals surface area contributed by atoms with E-state index in [0.29, 0.717) is 44.9 Å². The molecule has 0 spiro atoms. The molecule has 4 aliphatic carbocycles. The molecule has 13 heteroatoms. The van der Waals surface area contributed by atoms with E-state index in [0.717, 1.165) is 0 Å². The molecular formula is C27H36F4O8S. The second kappa shape index (κ2) is 10.4. The second-order valence-corrected chi connectivity index (χ2v) is 14.1. The molecule has 0 aliphatic heterocycles. The van der Waals surface area contributed by atoms with Crippen LogP contribution in [0.4, 0.5) is 17.6 Å². The zero-order chi connectivity index (χ0) is 29.9. The molecule has 0 bridgehead atoms. The first-order valence-electron chi connectivity index (χ1n) is 13.8. The van der Waals surface area contributed by atoms with E-state index in [9.17, 15) is 45.2 Å². The zero-order valence-corrected chi connectivity index (χ0v) is 23.4. The predicted octanol–water partition coefficient (Wildman–Crippen LogP) is 4.79. The Labute approximate surface area is 230 Å². The summed E-state index contributed by atoms with van der Waals surface area (Å²) >= 11 is 0. The highest BCUT2D eigenvalue weighted by Gasteiger charge is 2.66. The zero-order valence-electron chi connectivity index (χ0n) is 22.6. The minimum atomic E-state index is -6.36. The van der Waals surface area contributed by atoms with Gasteiger partial charge in [-0.25, -0.2) is 0 Å². The van der Waals surface area contributed by atoms with Gasteiger partial charge in [-0.2, -0.15) is 26.0 Å². The SMILES string of the molecule is C[C@]12C(=O)C[C@H]3[C@@H](C(=O)CC4CC(=O)CC[C@@]43C)[C@@H]1CC[C@@H]2CCCC(=O)OCCC(F)(F)C(F)(F)S(=O)(=O)O. The van der Waals surface area contributed by atoms with Gasteiger partial charge < -0.3 is 4.74 Å². The smallest absolute Gasteiger partial charge is 0.431 e. The van der Waals surface area contributed by atoms with Crippen molar-refractivity contribution in [3.63, 3.8) is 0 Å². The molecule has 7 atom stereocenters. The number of carbonyl (C=O) groups excluding carboxylic acids is 4. The number of halogens is 4. The minimum Gasteiger partial charge on any atom is -0.465 e. The third-order valence-corrected chi connectivity index (χ3v) is 11.6. The molecule has 4 fully saturated rings. The Morgan fingerprint density at radius 2 is 1.73 bits per heavy atom. The molecule has 226 valence electrons. The molecule has 0 aromatic rings. The molecular weight excluding hydrogens is 560 g/mol. The van der Waals surface area contributed by atoms with E-state index in [4.69, 9.17) is 4.55 Å². The van der Waals surface area contributed by atoms with Crippen molar-refractivity contribution in [2.24, 2.45) is 40.4 Å². The van der Waals surface area contributed by atoms with Crippen molar-refractivity contribution in [2.45, 2.75) is 95.7 Å². The number of alkyl halides is 4. The highest BCUT2D eigenvalue weighted by molar-refractivity contribution is 7.87. The minimum absolute atomic E-state index is 0.0258. The quantitative estimate of drug-likeness (QED) is 0.228. The fourth-order valence-corrected chi connectivity index (χ4v) is 8.70. The Hall–Kier alpha value is -1.89. The van der Waals surface area contributed by atoms with Gasteiger partial charge in [0.15, 0.2) is 0 Å². The lowest BCUT2D eigenvalue weighted by Gasteiger charge is -2.58. The number of rotatable bonds is 9. The molecule has 0 radical (unpaired) electrons. The first-order valence-corrected chi connectivity index (χ1v) is 15.3. The fraction of sp³-hybridized carbons (Fsp3) is 0.852. The maximum absolute atomic E-state index is 13.7. The molecule has 0 amide bonds. The van der Waals surface area contributed by atoms with Crippen LogP contribution in [0.25, 0.3) is 0 Å². The van der Waals surface area contributed by atoms with Crippen molar-refractivity contribution >= 4 is 33.4 Å². The molecule has 4 saturated carbocycles. The summed E-state index contributed by atoms with van der Waals surface area (Å²) in [6, 6.07) is 0. The second-order valence-electron chi connectivity index (χ2n) is 12.6. The van der Waals surface area contributed by atoms with E-state index in [1.165, 1.54) is 0 Å². The molecule has 0 saturated heterocycles. The predicted molar refractivity (Wildman–Crippen MR) is 132 cm³/mol. The molecule has 4 aliphatic rings. The van der Waals surface area contributed by atoms with Gasteiger partial charge >= 0.3 is 27.3 Å². The maximum atomic E-state index is 13.7. The van der Waals surface area contributed by atoms with Crippen molar-refractivity contribution in [3.8, 4) is 0 Å². The fourth-order valence-electron chi connectivity index (χ4n) is 8.22. The summed E-state index contributed by atoms with van der Waals surface area (Å²) < 4.78 is 87.8. The number of ketones is 3. The molecule has 0 aromatic heterocycles. The first-order chi connectivity index (χ1) is 18.4. The summed E-state index contributed by atoms with van der Waals surface area (Å²) in [7, 11) is -6.36. The van der Waals surface area contributed by atoms with Crippen molar-refractivity contribution < 1.29 is 54.4 Å². The summed E-state index contributed by atoms with van der Waals surface area (Å²) in [5.74, 6) is -6.25. The van der Waals surface area contributed by atoms with Crippen LogP contribution in [-0.4, -0.2) is 54.1 Å². The van der Waals surface area contributed by atoms with Gasteiger partial charge in [0.25, 0.3) is 0 Å². The molecule has 8 nitrogen and oxygen atoms in total. The number of hydrogen-bond donors (Lipinski definition) is 1. The summed E-state index contributed by atoms with van der Waals surface area (Å²) in [5, 5.41) is -5.72. The van der Waals surface area contributed by atoms with Gasteiger partial charge in [0.1, 0.15) is 17.3 Å². The number of Topliss-reactive ketones (excluding diaryl/α,β-unsaturated/α-hetero) is 3. The van der Waals surface area contributed by atoms with Crippen LogP contribution in [0.5, 0.6) is 0 Å². The third kappa shape index (κ3) is 5.03. The average molecular weight is 597 g/mol. The summed E-state index contributed by atoms with van der Waals surface area (Å²) in [6.45, 7) is 2.85. The van der Waals surface area contributed by atoms with Crippen LogP contribution in [0.15, 0.2) is 0 Å². The number of hydrogen-bond acceptors (Lipinski definition) is 7. The van der Waals surface area contributed by atoms with Crippen LogP contribution < -0.4 is 0 Å². The van der Waals surface area contributed by atoms with Crippen LogP contribution in [0, 0.1) is 40.4 Å². The number of fused-ring (bicyclic) bond motifs is 5. The Bertz CT molecular complexity index is 1190. The third-order valence-electron chi connectivity index (χ3n) is 10.7. The van der Waals surface area contributed by atoms with Crippen LogP contribution in [0.1, 0.15) is 84.5 Å². The van der Waals surface area contributed by atoms with E-state index in [-0.39, 0.29) is 71.6 Å². The van der Waals surface area contributed by atoms with E-state index < -0.39 is 45.7 Å². The van der Waals surface area contributed by atoms with Gasteiger partial charge in [0.05, 0.1) is 13.0 Å². The average Bonchev–Trinajstić information content (AvgIpc) is 3.17. The molecule has 0 heterocycles. The number of carbonyl (C=O) groups is 4. The Balaban J connectivity index is 1.33. The Morgan fingerprint density at radius 1 is 1.05 bits per heavy atom. The van der Waals surface area contributed by atoms with Crippen molar-refractivity contribution in [3.05, 3.63) is 0 Å². The van der Waals surface area contributed by atoms with E-state index >= 15 is 0 Å². The van der Waals surface area contributed by atoms with E-state index in [1.807, 2.05) is 6.92 Å². The van der Waals surface area contributed by atoms with Gasteiger partial charge in [-0.1, -0.05) is 13.8 Å². The molecule has 40 heavy (non-hydrogen) atoms. The van der Waals surface area contributed by atoms with Gasteiger partial charge in [0, 0.05) is 43.4 Å². The standard InChI is InChI=1S/C27H36F4O8S/c1-24-9-8-17(32)12-16(24)13-20(33)23-18-7-6-15(25(18,2)21(34)14-19(23)24)4-3-5-22(35)39-11-10-26(28,29)27(30,31)40(36,37)38/h15-16,18-19,23H,3-14H2,1-2H3,(H,36,37,38)/t15-,16?,18-,19-,23-,24-,25+/m0/s1. The first kappa shape index (κ1) is 31.1. The molecule has 1 unspecified atom stereocenters. The normalized spacial score (nSPS) is 36.6. The topological polar surface area (TPSA) is 132 Å². The largest absolute Gasteiger partial charge is 0.465 e. The highest BCUT2D eigenvalue weighted by Crippen LogP contribution is 2.65. The number of esters is 1. The lowest BCUT2D eigenvalue weighted by molar-refractivity contribution is -0.174. The molecule has 1 N–H and O–H groups in total. The summed E-state index contributed by atoms with van der Waals surface area (Å²) in [4.78, 5) is 51.2. The van der Waals surface area contributed by atoms with Gasteiger partial charge in [-0.05, 0) is 61.2 Å². The Morgan fingerprint density at radius 3 is 2.38 bits per heavy atom. The van der Waals surface area contributed by atoms with Crippen LogP contribution in [0.3, 0.4) is 0 Å². The van der Waals surface area contributed by atoms with Gasteiger partial charge in [-0.15, -0.1) is 0 Å². The van der Waals surface area contributed by atoms with E-state index in [1.54, 1.807) is 0 Å². The van der Waals surface area contributed by atoms with Crippen molar-refractivity contribution in [1.82, 2.24) is 0 Å². The molecule has 4 rings (SSSR count).